The Labute approximate surface area is 58.4 Å². The minimum Gasteiger partial charge on any atom is -0.376 e. The first-order chi connectivity index (χ1) is 3.92. The molecule has 0 rings (SSSR count). The molecular weight excluding hydrogens is 112 g/mol. The lowest BCUT2D eigenvalue weighted by Crippen LogP contribution is -2.21. The normalized spacial score (nSPS) is 12.7. The van der Waals surface area contributed by atoms with E-state index in [-0.39, 0.29) is 5.60 Å². The summed E-state index contributed by atoms with van der Waals surface area (Å²) in [5.74, 6) is 0.643. The van der Waals surface area contributed by atoms with Crippen molar-refractivity contribution in [2.45, 2.75) is 40.2 Å². The maximum atomic E-state index is 5.49. The van der Waals surface area contributed by atoms with E-state index in [1.54, 1.807) is 0 Å². The van der Waals surface area contributed by atoms with Crippen LogP contribution >= 0.6 is 0 Å². The van der Waals surface area contributed by atoms with Crippen LogP contribution in [0.15, 0.2) is 0 Å². The lowest BCUT2D eigenvalue weighted by molar-refractivity contribution is -0.0167. The van der Waals surface area contributed by atoms with Gasteiger partial charge in [0.1, 0.15) is 0 Å². The van der Waals surface area contributed by atoms with Crippen LogP contribution in [0.1, 0.15) is 34.6 Å². The molecule has 0 aromatic heterocycles. The first-order valence-electron chi connectivity index (χ1n) is 3.56. The van der Waals surface area contributed by atoms with Gasteiger partial charge in [-0.3, -0.25) is 0 Å². The van der Waals surface area contributed by atoms with E-state index in [1.165, 1.54) is 0 Å². The van der Waals surface area contributed by atoms with E-state index in [4.69, 9.17) is 4.74 Å². The number of rotatable bonds is 2. The zero-order chi connectivity index (χ0) is 7.49. The molecule has 0 aromatic carbocycles. The molecule has 1 nitrogen and oxygen atoms in total. The molecule has 0 N–H and O–H groups in total. The first-order valence-corrected chi connectivity index (χ1v) is 3.56. The van der Waals surface area contributed by atoms with Crippen molar-refractivity contribution in [3.63, 3.8) is 0 Å². The summed E-state index contributed by atoms with van der Waals surface area (Å²) in [5.41, 5.74) is 0.0320. The van der Waals surface area contributed by atoms with Gasteiger partial charge in [0, 0.05) is 6.61 Å². The fourth-order valence-electron chi connectivity index (χ4n) is 0.417. The van der Waals surface area contributed by atoms with Crippen LogP contribution in [0.3, 0.4) is 0 Å². The summed E-state index contributed by atoms with van der Waals surface area (Å²) in [7, 11) is 0. The summed E-state index contributed by atoms with van der Waals surface area (Å²) in [6, 6.07) is 0. The van der Waals surface area contributed by atoms with E-state index in [0.717, 1.165) is 6.61 Å². The van der Waals surface area contributed by atoms with Gasteiger partial charge in [-0.1, -0.05) is 13.8 Å². The molecule has 0 heterocycles. The smallest absolute Gasteiger partial charge is 0.0598 e. The molecule has 0 unspecified atom stereocenters. The van der Waals surface area contributed by atoms with Crippen molar-refractivity contribution < 1.29 is 4.74 Å². The number of hydrogen-bond donors (Lipinski definition) is 0. The topological polar surface area (TPSA) is 9.23 Å². The summed E-state index contributed by atoms with van der Waals surface area (Å²) in [6.07, 6.45) is 0. The predicted octanol–water partition coefficient (Wildman–Crippen LogP) is 2.46. The van der Waals surface area contributed by atoms with Gasteiger partial charge in [0.2, 0.25) is 0 Å². The van der Waals surface area contributed by atoms with Gasteiger partial charge >= 0.3 is 0 Å². The van der Waals surface area contributed by atoms with E-state index in [9.17, 15) is 0 Å². The van der Waals surface area contributed by atoms with E-state index in [1.807, 2.05) is 0 Å². The van der Waals surface area contributed by atoms with Gasteiger partial charge in [0.15, 0.2) is 0 Å². The monoisotopic (exact) mass is 130 g/mol. The summed E-state index contributed by atoms with van der Waals surface area (Å²) < 4.78 is 5.49. The molecule has 0 radical (unpaired) electrons. The average Bonchev–Trinajstić information content (AvgIpc) is 1.59. The SMILES string of the molecule is CC(C)COC(C)(C)C. The van der Waals surface area contributed by atoms with Crippen molar-refractivity contribution in [2.75, 3.05) is 6.61 Å². The second kappa shape index (κ2) is 3.21. The Kier molecular flexibility index (Phi) is 3.20. The minimum absolute atomic E-state index is 0.0320. The molecule has 0 aliphatic heterocycles. The second-order valence-electron chi connectivity index (χ2n) is 3.82. The zero-order valence-corrected chi connectivity index (χ0v) is 7.19. The summed E-state index contributed by atoms with van der Waals surface area (Å²) in [4.78, 5) is 0. The van der Waals surface area contributed by atoms with E-state index >= 15 is 0 Å². The number of hydrogen-bond acceptors (Lipinski definition) is 1. The highest BCUT2D eigenvalue weighted by Gasteiger charge is 2.09. The Hall–Kier alpha value is -0.0400. The molecule has 0 atom stereocenters. The fraction of sp³-hybridized carbons (Fsp3) is 1.00. The van der Waals surface area contributed by atoms with Crippen molar-refractivity contribution in [3.05, 3.63) is 0 Å². The molecule has 0 aromatic rings. The molecule has 0 bridgehead atoms. The van der Waals surface area contributed by atoms with Crippen LogP contribution < -0.4 is 0 Å². The van der Waals surface area contributed by atoms with Gasteiger partial charge in [-0.15, -0.1) is 0 Å². The van der Waals surface area contributed by atoms with Crippen LogP contribution in [0.2, 0.25) is 0 Å². The standard InChI is InChI=1S/C8H18O/c1-7(2)6-9-8(3,4)5/h7H,6H2,1-5H3. The van der Waals surface area contributed by atoms with Gasteiger partial charge in [-0.05, 0) is 26.7 Å². The summed E-state index contributed by atoms with van der Waals surface area (Å²) in [5, 5.41) is 0. The second-order valence-corrected chi connectivity index (χ2v) is 3.82. The van der Waals surface area contributed by atoms with Crippen LogP contribution in [-0.2, 0) is 4.74 Å². The highest BCUT2D eigenvalue weighted by molar-refractivity contribution is 4.58. The lowest BCUT2D eigenvalue weighted by atomic mass is 10.2. The molecule has 0 aliphatic carbocycles. The largest absolute Gasteiger partial charge is 0.376 e. The Bertz CT molecular complexity index is 69.1. The van der Waals surface area contributed by atoms with E-state index in [0.29, 0.717) is 5.92 Å². The van der Waals surface area contributed by atoms with Crippen LogP contribution in [-0.4, -0.2) is 12.2 Å². The minimum atomic E-state index is 0.0320. The van der Waals surface area contributed by atoms with Crippen LogP contribution in [0.4, 0.5) is 0 Å². The van der Waals surface area contributed by atoms with Gasteiger partial charge in [-0.25, -0.2) is 0 Å². The van der Waals surface area contributed by atoms with Gasteiger partial charge in [0.05, 0.1) is 5.60 Å². The molecule has 9 heavy (non-hydrogen) atoms. The fourth-order valence-corrected chi connectivity index (χ4v) is 0.417. The molecule has 0 spiro atoms. The Morgan fingerprint density at radius 1 is 1.22 bits per heavy atom. The van der Waals surface area contributed by atoms with E-state index in [2.05, 4.69) is 34.6 Å². The molecule has 0 fully saturated rings. The van der Waals surface area contributed by atoms with Crippen molar-refractivity contribution in [3.8, 4) is 0 Å². The first kappa shape index (κ1) is 8.96. The maximum Gasteiger partial charge on any atom is 0.0598 e. The van der Waals surface area contributed by atoms with Crippen molar-refractivity contribution in [2.24, 2.45) is 5.92 Å². The third-order valence-corrected chi connectivity index (χ3v) is 0.850. The highest BCUT2D eigenvalue weighted by Crippen LogP contribution is 2.08. The van der Waals surface area contributed by atoms with Crippen molar-refractivity contribution >= 4 is 0 Å². The molecule has 1 heteroatoms. The number of ether oxygens (including phenoxy) is 1. The average molecular weight is 130 g/mol. The molecule has 0 amide bonds. The van der Waals surface area contributed by atoms with Crippen LogP contribution in [0, 0.1) is 5.92 Å². The third-order valence-electron chi connectivity index (χ3n) is 0.850. The van der Waals surface area contributed by atoms with Gasteiger partial charge < -0.3 is 4.74 Å². The molecular formula is C8H18O. The van der Waals surface area contributed by atoms with Crippen LogP contribution in [0.5, 0.6) is 0 Å². The van der Waals surface area contributed by atoms with Crippen molar-refractivity contribution in [1.82, 2.24) is 0 Å². The lowest BCUT2D eigenvalue weighted by Gasteiger charge is -2.20. The quantitative estimate of drug-likeness (QED) is 0.558. The van der Waals surface area contributed by atoms with Gasteiger partial charge in [-0.2, -0.15) is 0 Å². The Morgan fingerprint density at radius 3 is 1.78 bits per heavy atom. The zero-order valence-electron chi connectivity index (χ0n) is 7.19. The summed E-state index contributed by atoms with van der Waals surface area (Å²) in [6.45, 7) is 11.4. The molecule has 56 valence electrons. The maximum absolute atomic E-state index is 5.49. The summed E-state index contributed by atoms with van der Waals surface area (Å²) >= 11 is 0. The van der Waals surface area contributed by atoms with E-state index < -0.39 is 0 Å². The Balaban J connectivity index is 3.28. The van der Waals surface area contributed by atoms with Gasteiger partial charge in [0.25, 0.3) is 0 Å². The molecule has 0 aliphatic rings. The highest BCUT2D eigenvalue weighted by atomic mass is 16.5. The van der Waals surface area contributed by atoms with Crippen molar-refractivity contribution in [1.29, 1.82) is 0 Å². The Morgan fingerprint density at radius 2 is 1.67 bits per heavy atom. The molecule has 0 saturated carbocycles. The third kappa shape index (κ3) is 7.96. The predicted molar refractivity (Wildman–Crippen MR) is 40.5 cm³/mol. The molecule has 0 saturated heterocycles. The van der Waals surface area contributed by atoms with Crippen LogP contribution in [0.25, 0.3) is 0 Å².